The summed E-state index contributed by atoms with van der Waals surface area (Å²) in [4.78, 5) is 23.1. The fraction of sp³-hybridized carbons (Fsp3) is 0.364. The van der Waals surface area contributed by atoms with Crippen LogP contribution in [0.5, 0.6) is 0 Å². The predicted octanol–water partition coefficient (Wildman–Crippen LogP) is 2.95. The van der Waals surface area contributed by atoms with Crippen LogP contribution in [0.15, 0.2) is 36.9 Å². The molecule has 1 amide bonds. The van der Waals surface area contributed by atoms with E-state index in [1.807, 2.05) is 26.2 Å². The first-order valence-electron chi connectivity index (χ1n) is 10.4. The fourth-order valence-corrected chi connectivity index (χ4v) is 4.15. The van der Waals surface area contributed by atoms with Crippen molar-refractivity contribution in [3.63, 3.8) is 0 Å². The van der Waals surface area contributed by atoms with Gasteiger partial charge in [0.1, 0.15) is 17.7 Å². The number of hydrogen-bond donors (Lipinski definition) is 2. The predicted molar refractivity (Wildman–Crippen MR) is 115 cm³/mol. The van der Waals surface area contributed by atoms with Crippen molar-refractivity contribution in [1.29, 1.82) is 0 Å². The monoisotopic (exact) mass is 421 g/mol. The van der Waals surface area contributed by atoms with Gasteiger partial charge in [-0.15, -0.1) is 0 Å². The summed E-state index contributed by atoms with van der Waals surface area (Å²) in [5.41, 5.74) is 4.29. The van der Waals surface area contributed by atoms with E-state index in [1.54, 1.807) is 17.1 Å². The number of aryl methyl sites for hydroxylation is 1. The summed E-state index contributed by atoms with van der Waals surface area (Å²) in [6.45, 7) is 2.91. The average molecular weight is 421 g/mol. The van der Waals surface area contributed by atoms with E-state index >= 15 is 0 Å². The Bertz CT molecular complexity index is 1140. The van der Waals surface area contributed by atoms with Crippen LogP contribution in [0.1, 0.15) is 29.7 Å². The zero-order valence-corrected chi connectivity index (χ0v) is 17.5. The molecule has 5 rings (SSSR count). The molecule has 0 saturated heterocycles. The molecule has 31 heavy (non-hydrogen) atoms. The molecule has 4 heterocycles. The molecule has 1 fully saturated rings. The molecule has 0 spiro atoms. The second kappa shape index (κ2) is 7.64. The van der Waals surface area contributed by atoms with E-state index in [1.165, 1.54) is 12.3 Å². The van der Waals surface area contributed by atoms with Gasteiger partial charge in [0, 0.05) is 37.6 Å². The maximum absolute atomic E-state index is 13.3. The standard InChI is InChI=1S/C22H24FN7O/c1-13-20-18(29(2)21(16-3-4-16)22(31)28-20)6-19(27-13)25-8-15-9-26-30(12-15)11-14-5-17(23)10-24-7-14/h5-7,9-10,12,16,21H,3-4,8,11H2,1-2H3,(H,25,27)(H,28,31). The highest BCUT2D eigenvalue weighted by atomic mass is 19.1. The Morgan fingerprint density at radius 2 is 2.06 bits per heavy atom. The van der Waals surface area contributed by atoms with E-state index in [0.29, 0.717) is 19.0 Å². The minimum Gasteiger partial charge on any atom is -0.366 e. The van der Waals surface area contributed by atoms with Crippen molar-refractivity contribution in [2.75, 3.05) is 22.6 Å². The Balaban J connectivity index is 1.29. The molecular formula is C22H24FN7O. The van der Waals surface area contributed by atoms with E-state index in [-0.39, 0.29) is 17.8 Å². The number of nitrogens with one attached hydrogen (secondary N) is 2. The largest absolute Gasteiger partial charge is 0.366 e. The van der Waals surface area contributed by atoms with Gasteiger partial charge in [0.25, 0.3) is 0 Å². The fourth-order valence-electron chi connectivity index (χ4n) is 4.15. The number of carbonyl (C=O) groups excluding carboxylic acids is 1. The van der Waals surface area contributed by atoms with Crippen LogP contribution in [0.2, 0.25) is 0 Å². The molecule has 2 N–H and O–H groups in total. The molecule has 8 nitrogen and oxygen atoms in total. The number of anilines is 3. The summed E-state index contributed by atoms with van der Waals surface area (Å²) < 4.78 is 15.1. The number of likely N-dealkylation sites (N-methyl/N-ethyl adjacent to an activating group) is 1. The number of rotatable bonds is 6. The summed E-state index contributed by atoms with van der Waals surface area (Å²) in [7, 11) is 1.98. The molecule has 0 radical (unpaired) electrons. The molecule has 1 unspecified atom stereocenters. The zero-order chi connectivity index (χ0) is 21.5. The summed E-state index contributed by atoms with van der Waals surface area (Å²) in [6, 6.07) is 3.33. The summed E-state index contributed by atoms with van der Waals surface area (Å²) >= 11 is 0. The minimum absolute atomic E-state index is 0.0593. The highest BCUT2D eigenvalue weighted by molar-refractivity contribution is 6.04. The SMILES string of the molecule is Cc1nc(NCc2cnn(Cc3cncc(F)c3)c2)cc2c1NC(=O)C(C1CC1)N2C. The number of fused-ring (bicyclic) bond motifs is 1. The molecule has 1 saturated carbocycles. The molecule has 3 aromatic rings. The third kappa shape index (κ3) is 3.95. The summed E-state index contributed by atoms with van der Waals surface area (Å²) in [6.07, 6.45) is 8.71. The van der Waals surface area contributed by atoms with Gasteiger partial charge in [-0.1, -0.05) is 0 Å². The van der Waals surface area contributed by atoms with Crippen LogP contribution in [0.4, 0.5) is 21.6 Å². The Morgan fingerprint density at radius 1 is 1.23 bits per heavy atom. The minimum atomic E-state index is -0.356. The number of pyridine rings is 2. The molecule has 0 aromatic carbocycles. The lowest BCUT2D eigenvalue weighted by molar-refractivity contribution is -0.118. The number of amides is 1. The van der Waals surface area contributed by atoms with Crippen molar-refractivity contribution in [2.45, 2.75) is 38.9 Å². The van der Waals surface area contributed by atoms with Crippen LogP contribution in [0.3, 0.4) is 0 Å². The second-order valence-electron chi connectivity index (χ2n) is 8.28. The highest BCUT2D eigenvalue weighted by Gasteiger charge is 2.42. The molecule has 160 valence electrons. The number of nitrogens with zero attached hydrogens (tertiary/aromatic N) is 5. The van der Waals surface area contributed by atoms with Crippen molar-refractivity contribution in [2.24, 2.45) is 5.92 Å². The lowest BCUT2D eigenvalue weighted by Crippen LogP contribution is -2.47. The van der Waals surface area contributed by atoms with Crippen LogP contribution in [-0.4, -0.2) is 38.7 Å². The van der Waals surface area contributed by atoms with E-state index < -0.39 is 0 Å². The maximum Gasteiger partial charge on any atom is 0.247 e. The van der Waals surface area contributed by atoms with Crippen LogP contribution in [0.25, 0.3) is 0 Å². The molecule has 2 aliphatic rings. The number of carbonyl (C=O) groups is 1. The molecule has 9 heteroatoms. The zero-order valence-electron chi connectivity index (χ0n) is 17.5. The van der Waals surface area contributed by atoms with Crippen LogP contribution in [0, 0.1) is 18.7 Å². The van der Waals surface area contributed by atoms with Gasteiger partial charge < -0.3 is 15.5 Å². The molecule has 1 aliphatic carbocycles. The van der Waals surface area contributed by atoms with E-state index in [0.717, 1.165) is 46.9 Å². The van der Waals surface area contributed by atoms with Crippen molar-refractivity contribution in [3.8, 4) is 0 Å². The first kappa shape index (κ1) is 19.5. The first-order valence-corrected chi connectivity index (χ1v) is 10.4. The normalized spacial score (nSPS) is 18.0. The van der Waals surface area contributed by atoms with Crippen molar-refractivity contribution in [3.05, 3.63) is 59.6 Å². The third-order valence-corrected chi connectivity index (χ3v) is 5.83. The van der Waals surface area contributed by atoms with Crippen LogP contribution in [-0.2, 0) is 17.9 Å². The second-order valence-corrected chi connectivity index (χ2v) is 8.28. The average Bonchev–Trinajstić information content (AvgIpc) is 3.46. The van der Waals surface area contributed by atoms with Gasteiger partial charge in [-0.05, 0) is 37.3 Å². The molecule has 0 bridgehead atoms. The van der Waals surface area contributed by atoms with Crippen molar-refractivity contribution >= 4 is 23.1 Å². The quantitative estimate of drug-likeness (QED) is 0.636. The van der Waals surface area contributed by atoms with Gasteiger partial charge in [0.15, 0.2) is 0 Å². The molecule has 1 atom stereocenters. The van der Waals surface area contributed by atoms with E-state index in [9.17, 15) is 9.18 Å². The Morgan fingerprint density at radius 3 is 2.84 bits per heavy atom. The van der Waals surface area contributed by atoms with Gasteiger partial charge in [-0.2, -0.15) is 5.10 Å². The van der Waals surface area contributed by atoms with Crippen molar-refractivity contribution < 1.29 is 9.18 Å². The van der Waals surface area contributed by atoms with E-state index in [2.05, 4.69) is 30.6 Å². The lowest BCUT2D eigenvalue weighted by Gasteiger charge is -2.36. The molecule has 1 aliphatic heterocycles. The third-order valence-electron chi connectivity index (χ3n) is 5.83. The van der Waals surface area contributed by atoms with Gasteiger partial charge in [0.05, 0.1) is 36.0 Å². The smallest absolute Gasteiger partial charge is 0.247 e. The molecular weight excluding hydrogens is 397 g/mol. The Labute approximate surface area is 179 Å². The Hall–Kier alpha value is -3.49. The van der Waals surface area contributed by atoms with Gasteiger partial charge in [0.2, 0.25) is 5.91 Å². The summed E-state index contributed by atoms with van der Waals surface area (Å²) in [5.74, 6) is 0.882. The topological polar surface area (TPSA) is 88.0 Å². The summed E-state index contributed by atoms with van der Waals surface area (Å²) in [5, 5.41) is 10.7. The lowest BCUT2D eigenvalue weighted by atomic mass is 10.0. The Kier molecular flexibility index (Phi) is 4.80. The van der Waals surface area contributed by atoms with E-state index in [4.69, 9.17) is 0 Å². The molecule has 3 aromatic heterocycles. The number of halogens is 1. The van der Waals surface area contributed by atoms with Crippen molar-refractivity contribution in [1.82, 2.24) is 19.7 Å². The van der Waals surface area contributed by atoms with Gasteiger partial charge >= 0.3 is 0 Å². The highest BCUT2D eigenvalue weighted by Crippen LogP contribution is 2.42. The van der Waals surface area contributed by atoms with Crippen LogP contribution >= 0.6 is 0 Å². The number of hydrogen-bond acceptors (Lipinski definition) is 6. The van der Waals surface area contributed by atoms with Gasteiger partial charge in [-0.3, -0.25) is 14.5 Å². The number of aromatic nitrogens is 4. The maximum atomic E-state index is 13.3. The van der Waals surface area contributed by atoms with Gasteiger partial charge in [-0.25, -0.2) is 9.37 Å². The first-order chi connectivity index (χ1) is 15.0. The van der Waals surface area contributed by atoms with Crippen LogP contribution < -0.4 is 15.5 Å².